The highest BCUT2D eigenvalue weighted by molar-refractivity contribution is 5.79. The molecule has 0 bridgehead atoms. The van der Waals surface area contributed by atoms with Crippen LogP contribution in [0, 0.1) is 11.3 Å². The van der Waals surface area contributed by atoms with E-state index in [4.69, 9.17) is 0 Å². The van der Waals surface area contributed by atoms with Gasteiger partial charge in [0.15, 0.2) is 5.65 Å². The summed E-state index contributed by atoms with van der Waals surface area (Å²) >= 11 is 0. The molecular weight excluding hydrogens is 262 g/mol. The molecule has 1 aromatic carbocycles. The lowest BCUT2D eigenvalue weighted by Crippen LogP contribution is -2.18. The molecule has 0 aliphatic rings. The minimum Gasteiger partial charge on any atom is -0.300 e. The Kier molecular flexibility index (Phi) is 3.03. The lowest BCUT2D eigenvalue weighted by molar-refractivity contribution is 0.983. The summed E-state index contributed by atoms with van der Waals surface area (Å²) in [5.41, 5.74) is 2.74. The quantitative estimate of drug-likeness (QED) is 0.718. The van der Waals surface area contributed by atoms with Crippen molar-refractivity contribution in [1.82, 2.24) is 9.38 Å². The molecule has 0 saturated carbocycles. The average Bonchev–Trinajstić information content (AvgIpc) is 2.78. The molecule has 0 fully saturated rings. The fourth-order valence-electron chi connectivity index (χ4n) is 2.52. The number of benzene rings is 1. The largest absolute Gasteiger partial charge is 0.300 e. The van der Waals surface area contributed by atoms with Gasteiger partial charge in [-0.3, -0.25) is 4.79 Å². The van der Waals surface area contributed by atoms with Crippen molar-refractivity contribution in [3.8, 4) is 17.2 Å². The van der Waals surface area contributed by atoms with Gasteiger partial charge in [0, 0.05) is 22.7 Å². The topological polar surface area (TPSA) is 58.2 Å². The second-order valence-corrected chi connectivity index (χ2v) is 4.79. The summed E-state index contributed by atoms with van der Waals surface area (Å²) < 4.78 is 1.74. The van der Waals surface area contributed by atoms with Crippen LogP contribution in [-0.2, 0) is 6.42 Å². The Balaban J connectivity index is 2.48. The lowest BCUT2D eigenvalue weighted by atomic mass is 10.0. The third-order valence-electron chi connectivity index (χ3n) is 3.60. The molecule has 0 amide bonds. The average molecular weight is 275 g/mol. The SMILES string of the molecule is C=c1c(-c2ccccc2)c(C#N)c2nc(=O)c(CC)cn12. The monoisotopic (exact) mass is 275 g/mol. The number of aromatic nitrogens is 2. The Morgan fingerprint density at radius 2 is 2.05 bits per heavy atom. The van der Waals surface area contributed by atoms with Gasteiger partial charge in [0.05, 0.1) is 0 Å². The maximum atomic E-state index is 11.9. The van der Waals surface area contributed by atoms with Crippen LogP contribution in [0.4, 0.5) is 0 Å². The maximum absolute atomic E-state index is 11.9. The molecule has 0 saturated heterocycles. The first-order chi connectivity index (χ1) is 10.2. The van der Waals surface area contributed by atoms with E-state index in [0.717, 1.165) is 11.1 Å². The molecule has 0 aliphatic carbocycles. The second kappa shape index (κ2) is 4.88. The summed E-state index contributed by atoms with van der Waals surface area (Å²) in [6.45, 7) is 5.97. The number of aryl methyl sites for hydroxylation is 1. The van der Waals surface area contributed by atoms with Gasteiger partial charge in [-0.05, 0) is 12.0 Å². The third kappa shape index (κ3) is 1.91. The molecule has 0 spiro atoms. The van der Waals surface area contributed by atoms with Gasteiger partial charge in [-0.25, -0.2) is 0 Å². The van der Waals surface area contributed by atoms with Crippen molar-refractivity contribution >= 4 is 12.2 Å². The number of hydrogen-bond donors (Lipinski definition) is 0. The molecule has 4 nitrogen and oxygen atoms in total. The van der Waals surface area contributed by atoms with Crippen LogP contribution in [0.15, 0.2) is 41.3 Å². The fourth-order valence-corrected chi connectivity index (χ4v) is 2.52. The van der Waals surface area contributed by atoms with Crippen molar-refractivity contribution in [1.29, 1.82) is 5.26 Å². The normalized spacial score (nSPS) is 10.7. The Morgan fingerprint density at radius 1 is 1.33 bits per heavy atom. The van der Waals surface area contributed by atoms with Crippen molar-refractivity contribution in [2.24, 2.45) is 0 Å². The Hall–Kier alpha value is -2.93. The molecule has 0 atom stereocenters. The van der Waals surface area contributed by atoms with Gasteiger partial charge in [-0.2, -0.15) is 10.2 Å². The van der Waals surface area contributed by atoms with Crippen LogP contribution in [0.3, 0.4) is 0 Å². The molecule has 0 N–H and O–H groups in total. The van der Waals surface area contributed by atoms with Crippen LogP contribution in [0.2, 0.25) is 0 Å². The van der Waals surface area contributed by atoms with Gasteiger partial charge < -0.3 is 4.40 Å². The van der Waals surface area contributed by atoms with Crippen LogP contribution in [0.25, 0.3) is 23.4 Å². The fraction of sp³-hybridized carbons (Fsp3) is 0.118. The summed E-state index contributed by atoms with van der Waals surface area (Å²) in [4.78, 5) is 16.0. The first kappa shape index (κ1) is 13.1. The van der Waals surface area contributed by atoms with Crippen molar-refractivity contribution in [2.75, 3.05) is 0 Å². The van der Waals surface area contributed by atoms with Crippen molar-refractivity contribution < 1.29 is 0 Å². The van der Waals surface area contributed by atoms with Gasteiger partial charge in [0.2, 0.25) is 0 Å². The molecular formula is C17H13N3O. The van der Waals surface area contributed by atoms with Crippen molar-refractivity contribution in [3.05, 3.63) is 63.4 Å². The number of hydrogen-bond acceptors (Lipinski definition) is 3. The van der Waals surface area contributed by atoms with Gasteiger partial charge in [-0.15, -0.1) is 0 Å². The van der Waals surface area contributed by atoms with Crippen LogP contribution in [0.5, 0.6) is 0 Å². The van der Waals surface area contributed by atoms with E-state index < -0.39 is 0 Å². The van der Waals surface area contributed by atoms with Gasteiger partial charge in [-0.1, -0.05) is 43.8 Å². The predicted octanol–water partition coefficient (Wildman–Crippen LogP) is 1.92. The van der Waals surface area contributed by atoms with E-state index in [2.05, 4.69) is 17.6 Å². The first-order valence-corrected chi connectivity index (χ1v) is 6.69. The molecule has 3 aromatic rings. The predicted molar refractivity (Wildman–Crippen MR) is 81.7 cm³/mol. The van der Waals surface area contributed by atoms with Gasteiger partial charge in [0.1, 0.15) is 11.6 Å². The maximum Gasteiger partial charge on any atom is 0.276 e. The molecule has 21 heavy (non-hydrogen) atoms. The summed E-state index contributed by atoms with van der Waals surface area (Å²) in [6, 6.07) is 11.7. The lowest BCUT2D eigenvalue weighted by Gasteiger charge is -1.98. The number of rotatable bonds is 2. The van der Waals surface area contributed by atoms with Crippen LogP contribution in [0.1, 0.15) is 18.1 Å². The zero-order valence-corrected chi connectivity index (χ0v) is 11.6. The molecule has 4 heteroatoms. The van der Waals surface area contributed by atoms with E-state index in [-0.39, 0.29) is 5.56 Å². The standard InChI is InChI=1S/C17H13N3O/c1-3-12-10-20-11(2)15(13-7-5-4-6-8-13)14(9-18)16(20)19-17(12)21/h4-8,10H,2-3H2,1H3. The Bertz CT molecular complexity index is 965. The zero-order chi connectivity index (χ0) is 15.0. The second-order valence-electron chi connectivity index (χ2n) is 4.79. The van der Waals surface area contributed by atoms with Gasteiger partial charge >= 0.3 is 0 Å². The van der Waals surface area contributed by atoms with E-state index in [9.17, 15) is 10.1 Å². The molecule has 2 aromatic heterocycles. The number of nitrogens with zero attached hydrogens (tertiary/aromatic N) is 3. The summed E-state index contributed by atoms with van der Waals surface area (Å²) in [5, 5.41) is 10.2. The molecule has 0 aliphatic heterocycles. The molecule has 0 radical (unpaired) electrons. The van der Waals surface area contributed by atoms with E-state index in [1.54, 1.807) is 10.6 Å². The highest BCUT2D eigenvalue weighted by Crippen LogP contribution is 2.22. The van der Waals surface area contributed by atoms with Crippen LogP contribution in [-0.4, -0.2) is 9.38 Å². The highest BCUT2D eigenvalue weighted by atomic mass is 16.1. The minimum absolute atomic E-state index is 0.279. The number of fused-ring (bicyclic) bond motifs is 1. The summed E-state index contributed by atoms with van der Waals surface area (Å²) in [6.07, 6.45) is 2.34. The Labute approximate surface area is 121 Å². The Morgan fingerprint density at radius 3 is 2.67 bits per heavy atom. The van der Waals surface area contributed by atoms with Crippen LogP contribution < -0.4 is 10.9 Å². The summed E-state index contributed by atoms with van der Waals surface area (Å²) in [5.74, 6) is 0. The number of nitriles is 1. The minimum atomic E-state index is -0.279. The smallest absolute Gasteiger partial charge is 0.276 e. The first-order valence-electron chi connectivity index (χ1n) is 6.69. The highest BCUT2D eigenvalue weighted by Gasteiger charge is 2.17. The molecule has 0 unspecified atom stereocenters. The van der Waals surface area contributed by atoms with Crippen molar-refractivity contribution in [3.63, 3.8) is 0 Å². The third-order valence-corrected chi connectivity index (χ3v) is 3.60. The van der Waals surface area contributed by atoms with Crippen LogP contribution >= 0.6 is 0 Å². The molecule has 102 valence electrons. The zero-order valence-electron chi connectivity index (χ0n) is 11.6. The molecule has 3 rings (SSSR count). The van der Waals surface area contributed by atoms with Gasteiger partial charge in [0.25, 0.3) is 5.56 Å². The van der Waals surface area contributed by atoms with E-state index in [0.29, 0.717) is 28.5 Å². The molecule has 2 heterocycles. The summed E-state index contributed by atoms with van der Waals surface area (Å²) in [7, 11) is 0. The van der Waals surface area contributed by atoms with E-state index in [1.165, 1.54) is 0 Å². The van der Waals surface area contributed by atoms with Crippen molar-refractivity contribution in [2.45, 2.75) is 13.3 Å². The van der Waals surface area contributed by atoms with E-state index in [1.807, 2.05) is 37.3 Å². The van der Waals surface area contributed by atoms with E-state index >= 15 is 0 Å².